The van der Waals surface area contributed by atoms with E-state index in [1.165, 1.54) is 37.5 Å². The molecule has 4 aliphatic rings. The Balaban J connectivity index is 1.48. The Kier molecular flexibility index (Phi) is 2.40. The highest BCUT2D eigenvalue weighted by Crippen LogP contribution is 2.54. The van der Waals surface area contributed by atoms with Gasteiger partial charge in [-0.15, -0.1) is 11.3 Å². The van der Waals surface area contributed by atoms with Crippen LogP contribution in [0.25, 0.3) is 10.2 Å². The quantitative estimate of drug-likeness (QED) is 0.908. The molecule has 0 unspecified atom stereocenters. The van der Waals surface area contributed by atoms with E-state index >= 15 is 0 Å². The number of nitrogens with one attached hydrogen (secondary N) is 1. The van der Waals surface area contributed by atoms with Crippen LogP contribution < -0.4 is 5.32 Å². The SMILES string of the molecule is c1nc(NC2C3CC4CC(C3)CC2C4)c2ccsc2n1. The summed E-state index contributed by atoms with van der Waals surface area (Å²) in [7, 11) is 0. The van der Waals surface area contributed by atoms with Gasteiger partial charge in [0.05, 0.1) is 5.39 Å². The molecule has 0 saturated heterocycles. The average molecular weight is 285 g/mol. The highest BCUT2D eigenvalue weighted by atomic mass is 32.1. The van der Waals surface area contributed by atoms with Gasteiger partial charge in [0.15, 0.2) is 0 Å². The van der Waals surface area contributed by atoms with E-state index in [2.05, 4.69) is 26.7 Å². The van der Waals surface area contributed by atoms with Crippen molar-refractivity contribution in [3.63, 3.8) is 0 Å². The smallest absolute Gasteiger partial charge is 0.138 e. The van der Waals surface area contributed by atoms with Crippen molar-refractivity contribution in [1.29, 1.82) is 0 Å². The molecule has 2 heterocycles. The molecule has 4 bridgehead atoms. The van der Waals surface area contributed by atoms with Gasteiger partial charge in [0, 0.05) is 6.04 Å². The summed E-state index contributed by atoms with van der Waals surface area (Å²) in [4.78, 5) is 9.97. The van der Waals surface area contributed by atoms with Gasteiger partial charge >= 0.3 is 0 Å². The van der Waals surface area contributed by atoms with Crippen molar-refractivity contribution in [2.24, 2.45) is 23.7 Å². The number of fused-ring (bicyclic) bond motifs is 1. The molecule has 4 heteroatoms. The van der Waals surface area contributed by atoms with Gasteiger partial charge in [-0.25, -0.2) is 9.97 Å². The summed E-state index contributed by atoms with van der Waals surface area (Å²) in [5.74, 6) is 4.89. The lowest BCUT2D eigenvalue weighted by molar-refractivity contribution is 0.00746. The lowest BCUT2D eigenvalue weighted by Crippen LogP contribution is -2.51. The van der Waals surface area contributed by atoms with Gasteiger partial charge in [0.1, 0.15) is 17.0 Å². The zero-order chi connectivity index (χ0) is 13.1. The van der Waals surface area contributed by atoms with Crippen LogP contribution >= 0.6 is 11.3 Å². The van der Waals surface area contributed by atoms with E-state index in [0.29, 0.717) is 6.04 Å². The fourth-order valence-electron chi connectivity index (χ4n) is 5.22. The number of aromatic nitrogens is 2. The van der Waals surface area contributed by atoms with Crippen LogP contribution in [0, 0.1) is 23.7 Å². The Morgan fingerprint density at radius 1 is 1.00 bits per heavy atom. The molecule has 104 valence electrons. The second-order valence-electron chi connectivity index (χ2n) is 6.96. The van der Waals surface area contributed by atoms with Gasteiger partial charge in [0.2, 0.25) is 0 Å². The van der Waals surface area contributed by atoms with Gasteiger partial charge in [-0.1, -0.05) is 0 Å². The second kappa shape index (κ2) is 4.17. The Bertz CT molecular complexity index is 622. The third kappa shape index (κ3) is 1.63. The molecule has 2 aromatic rings. The largest absolute Gasteiger partial charge is 0.366 e. The maximum atomic E-state index is 4.52. The first kappa shape index (κ1) is 11.5. The van der Waals surface area contributed by atoms with Crippen LogP contribution in [-0.4, -0.2) is 16.0 Å². The zero-order valence-electron chi connectivity index (χ0n) is 11.5. The molecule has 0 spiro atoms. The van der Waals surface area contributed by atoms with Gasteiger partial charge in [-0.2, -0.15) is 0 Å². The minimum Gasteiger partial charge on any atom is -0.366 e. The second-order valence-corrected chi connectivity index (χ2v) is 7.86. The molecule has 0 radical (unpaired) electrons. The third-order valence-corrected chi connectivity index (χ3v) is 6.61. The Hall–Kier alpha value is -1.16. The Morgan fingerprint density at radius 2 is 1.75 bits per heavy atom. The van der Waals surface area contributed by atoms with Crippen LogP contribution in [0.15, 0.2) is 17.8 Å². The van der Waals surface area contributed by atoms with Crippen molar-refractivity contribution in [3.05, 3.63) is 17.8 Å². The summed E-state index contributed by atoms with van der Waals surface area (Å²) in [6.07, 6.45) is 9.01. The highest BCUT2D eigenvalue weighted by Gasteiger charge is 2.48. The summed E-state index contributed by atoms with van der Waals surface area (Å²) >= 11 is 1.70. The first-order chi connectivity index (χ1) is 9.87. The average Bonchev–Trinajstić information content (AvgIpc) is 2.91. The van der Waals surface area contributed by atoms with Crippen LogP contribution in [0.2, 0.25) is 0 Å². The van der Waals surface area contributed by atoms with E-state index in [-0.39, 0.29) is 0 Å². The monoisotopic (exact) mass is 285 g/mol. The van der Waals surface area contributed by atoms with Crippen LogP contribution in [0.4, 0.5) is 5.82 Å². The van der Waals surface area contributed by atoms with Crippen molar-refractivity contribution in [1.82, 2.24) is 9.97 Å². The standard InChI is InChI=1S/C16H19N3S/c1-2-20-16-13(1)15(17-8-18-16)19-14-11-4-9-3-10(6-11)7-12(14)5-9/h1-2,8-12,14H,3-7H2,(H,17,18,19). The molecule has 0 aromatic carbocycles. The van der Waals surface area contributed by atoms with E-state index in [1.807, 2.05) is 0 Å². The molecule has 0 amide bonds. The molecule has 4 fully saturated rings. The summed E-state index contributed by atoms with van der Waals surface area (Å²) in [6, 6.07) is 2.80. The number of rotatable bonds is 2. The van der Waals surface area contributed by atoms with Gasteiger partial charge < -0.3 is 5.32 Å². The number of thiophene rings is 1. The molecule has 4 saturated carbocycles. The van der Waals surface area contributed by atoms with E-state index in [4.69, 9.17) is 0 Å². The topological polar surface area (TPSA) is 37.8 Å². The van der Waals surface area contributed by atoms with E-state index in [9.17, 15) is 0 Å². The molecule has 3 nitrogen and oxygen atoms in total. The Labute approximate surface area is 122 Å². The molecule has 0 atom stereocenters. The number of anilines is 1. The predicted octanol–water partition coefficient (Wildman–Crippen LogP) is 3.93. The van der Waals surface area contributed by atoms with Crippen LogP contribution in [-0.2, 0) is 0 Å². The summed E-state index contributed by atoms with van der Waals surface area (Å²) in [6.45, 7) is 0. The van der Waals surface area contributed by atoms with Gasteiger partial charge in [-0.3, -0.25) is 0 Å². The van der Waals surface area contributed by atoms with Gasteiger partial charge in [0.25, 0.3) is 0 Å². The molecule has 20 heavy (non-hydrogen) atoms. The number of nitrogens with zero attached hydrogens (tertiary/aromatic N) is 2. The molecule has 0 aliphatic heterocycles. The molecule has 1 N–H and O–H groups in total. The van der Waals surface area contributed by atoms with Crippen molar-refractivity contribution in [2.75, 3.05) is 5.32 Å². The molecule has 2 aromatic heterocycles. The normalized spacial score (nSPS) is 38.5. The third-order valence-electron chi connectivity index (χ3n) is 5.79. The van der Waals surface area contributed by atoms with Crippen LogP contribution in [0.5, 0.6) is 0 Å². The van der Waals surface area contributed by atoms with Crippen molar-refractivity contribution in [2.45, 2.75) is 38.1 Å². The number of hydrogen-bond donors (Lipinski definition) is 1. The van der Waals surface area contributed by atoms with Crippen molar-refractivity contribution in [3.8, 4) is 0 Å². The van der Waals surface area contributed by atoms with Crippen LogP contribution in [0.3, 0.4) is 0 Å². The van der Waals surface area contributed by atoms with Crippen molar-refractivity contribution < 1.29 is 0 Å². The molecule has 4 aliphatic carbocycles. The maximum Gasteiger partial charge on any atom is 0.138 e. The zero-order valence-corrected chi connectivity index (χ0v) is 12.3. The summed E-state index contributed by atoms with van der Waals surface area (Å²) < 4.78 is 0. The maximum absolute atomic E-state index is 4.52. The van der Waals surface area contributed by atoms with E-state index in [0.717, 1.165) is 34.3 Å². The lowest BCUT2D eigenvalue weighted by Gasteiger charge is -2.54. The molecular weight excluding hydrogens is 266 g/mol. The minimum atomic E-state index is 0.654. The summed E-state index contributed by atoms with van der Waals surface area (Å²) in [5, 5.41) is 7.12. The Morgan fingerprint density at radius 3 is 2.50 bits per heavy atom. The van der Waals surface area contributed by atoms with E-state index in [1.54, 1.807) is 17.7 Å². The van der Waals surface area contributed by atoms with Crippen molar-refractivity contribution >= 4 is 27.4 Å². The summed E-state index contributed by atoms with van der Waals surface area (Å²) in [5.41, 5.74) is 0. The highest BCUT2D eigenvalue weighted by molar-refractivity contribution is 7.16. The minimum absolute atomic E-state index is 0.654. The molecular formula is C16H19N3S. The predicted molar refractivity (Wildman–Crippen MR) is 81.9 cm³/mol. The molecule has 6 rings (SSSR count). The fraction of sp³-hybridized carbons (Fsp3) is 0.625. The van der Waals surface area contributed by atoms with Crippen LogP contribution in [0.1, 0.15) is 32.1 Å². The fourth-order valence-corrected chi connectivity index (χ4v) is 5.96. The first-order valence-electron chi connectivity index (χ1n) is 7.81. The van der Waals surface area contributed by atoms with E-state index < -0.39 is 0 Å². The van der Waals surface area contributed by atoms with Gasteiger partial charge in [-0.05, 0) is 67.2 Å². The lowest BCUT2D eigenvalue weighted by atomic mass is 9.54. The number of hydrogen-bond acceptors (Lipinski definition) is 4. The first-order valence-corrected chi connectivity index (χ1v) is 8.69.